The molecule has 0 aliphatic rings. The largest absolute Gasteiger partial charge is 0.493 e. The first-order valence-electron chi connectivity index (χ1n) is 10.6. The third kappa shape index (κ3) is 6.41. The monoisotopic (exact) mass is 509 g/mol. The number of hydrogen-bond donors (Lipinski definition) is 1. The zero-order chi connectivity index (χ0) is 24.6. The van der Waals surface area contributed by atoms with Crippen LogP contribution in [0.4, 0.5) is 0 Å². The van der Waals surface area contributed by atoms with Crippen molar-refractivity contribution in [2.45, 2.75) is 6.61 Å². The number of halogens is 2. The molecule has 35 heavy (non-hydrogen) atoms. The van der Waals surface area contributed by atoms with Crippen LogP contribution in [-0.4, -0.2) is 30.8 Å². The van der Waals surface area contributed by atoms with Crippen molar-refractivity contribution < 1.29 is 19.0 Å². The van der Waals surface area contributed by atoms with Gasteiger partial charge < -0.3 is 14.2 Å². The Labute approximate surface area is 212 Å². The van der Waals surface area contributed by atoms with Crippen molar-refractivity contribution >= 4 is 46.2 Å². The second-order valence-corrected chi connectivity index (χ2v) is 8.21. The average molecular weight is 510 g/mol. The first-order valence-corrected chi connectivity index (χ1v) is 11.3. The number of amides is 1. The van der Waals surface area contributed by atoms with E-state index in [0.29, 0.717) is 45.0 Å². The topological polar surface area (TPSA) is 82.0 Å². The molecule has 9 heteroatoms. The molecule has 0 aliphatic carbocycles. The van der Waals surface area contributed by atoms with Gasteiger partial charge in [0.2, 0.25) is 0 Å². The van der Waals surface area contributed by atoms with Crippen LogP contribution in [0.1, 0.15) is 11.1 Å². The standard InChI is InChI=1S/C26H21Cl2N3O4/c1-33-23-13-18(12-21(28)26(23)35-15-17-7-9-20(27)10-8-17)14-30-31-24(32)16-34-22-6-2-4-19-5-3-11-29-25(19)22/h2-14H,15-16H2,1H3,(H,31,32). The molecule has 1 N–H and O–H groups in total. The van der Waals surface area contributed by atoms with Crippen molar-refractivity contribution in [2.24, 2.45) is 5.10 Å². The van der Waals surface area contributed by atoms with E-state index in [1.165, 1.54) is 13.3 Å². The van der Waals surface area contributed by atoms with Crippen LogP contribution in [0, 0.1) is 0 Å². The first kappa shape index (κ1) is 24.3. The second kappa shape index (κ2) is 11.6. The highest BCUT2D eigenvalue weighted by molar-refractivity contribution is 6.32. The molecule has 0 bridgehead atoms. The number of benzene rings is 3. The third-order valence-electron chi connectivity index (χ3n) is 4.91. The molecule has 1 amide bonds. The Morgan fingerprint density at radius 1 is 1.03 bits per heavy atom. The van der Waals surface area contributed by atoms with Crippen LogP contribution in [0.15, 0.2) is 78.0 Å². The Kier molecular flexibility index (Phi) is 8.03. The van der Waals surface area contributed by atoms with Crippen LogP contribution < -0.4 is 19.6 Å². The van der Waals surface area contributed by atoms with E-state index < -0.39 is 5.91 Å². The minimum atomic E-state index is -0.421. The van der Waals surface area contributed by atoms with E-state index >= 15 is 0 Å². The Balaban J connectivity index is 1.35. The Morgan fingerprint density at radius 2 is 1.83 bits per heavy atom. The van der Waals surface area contributed by atoms with Crippen molar-refractivity contribution in [3.8, 4) is 17.2 Å². The van der Waals surface area contributed by atoms with E-state index in [0.717, 1.165) is 10.9 Å². The molecule has 0 aliphatic heterocycles. The van der Waals surface area contributed by atoms with Crippen LogP contribution in [0.3, 0.4) is 0 Å². The summed E-state index contributed by atoms with van der Waals surface area (Å²) in [5.41, 5.74) is 4.67. The fraction of sp³-hybridized carbons (Fsp3) is 0.115. The van der Waals surface area contributed by atoms with Gasteiger partial charge in [-0.25, -0.2) is 5.43 Å². The van der Waals surface area contributed by atoms with E-state index in [-0.39, 0.29) is 6.61 Å². The van der Waals surface area contributed by atoms with Crippen LogP contribution in [-0.2, 0) is 11.4 Å². The van der Waals surface area contributed by atoms with Gasteiger partial charge in [-0.05, 0) is 47.5 Å². The van der Waals surface area contributed by atoms with Crippen molar-refractivity contribution in [3.05, 3.63) is 94.1 Å². The maximum Gasteiger partial charge on any atom is 0.277 e. The lowest BCUT2D eigenvalue weighted by Crippen LogP contribution is -2.24. The lowest BCUT2D eigenvalue weighted by molar-refractivity contribution is -0.123. The number of hydrogen-bond acceptors (Lipinski definition) is 6. The molecule has 0 atom stereocenters. The highest BCUT2D eigenvalue weighted by Gasteiger charge is 2.12. The van der Waals surface area contributed by atoms with Crippen LogP contribution >= 0.6 is 23.2 Å². The third-order valence-corrected chi connectivity index (χ3v) is 5.44. The smallest absolute Gasteiger partial charge is 0.277 e. The fourth-order valence-electron chi connectivity index (χ4n) is 3.24. The average Bonchev–Trinajstić information content (AvgIpc) is 2.87. The Bertz CT molecular complexity index is 1360. The summed E-state index contributed by atoms with van der Waals surface area (Å²) in [5.74, 6) is 0.941. The van der Waals surface area contributed by atoms with Crippen LogP contribution in [0.2, 0.25) is 10.0 Å². The van der Waals surface area contributed by atoms with Gasteiger partial charge in [0.25, 0.3) is 5.91 Å². The number of nitrogens with zero attached hydrogens (tertiary/aromatic N) is 2. The summed E-state index contributed by atoms with van der Waals surface area (Å²) in [6, 6.07) is 20.0. The normalized spacial score (nSPS) is 10.9. The summed E-state index contributed by atoms with van der Waals surface area (Å²) in [7, 11) is 1.52. The quantitative estimate of drug-likeness (QED) is 0.232. The molecule has 7 nitrogen and oxygen atoms in total. The summed E-state index contributed by atoms with van der Waals surface area (Å²) in [6.07, 6.45) is 3.13. The van der Waals surface area contributed by atoms with Crippen molar-refractivity contribution in [1.29, 1.82) is 0 Å². The molecule has 0 spiro atoms. The van der Waals surface area contributed by atoms with Crippen LogP contribution in [0.5, 0.6) is 17.2 Å². The summed E-state index contributed by atoms with van der Waals surface area (Å²) in [5, 5.41) is 5.90. The number of hydrazone groups is 1. The highest BCUT2D eigenvalue weighted by atomic mass is 35.5. The fourth-order valence-corrected chi connectivity index (χ4v) is 3.64. The molecule has 0 unspecified atom stereocenters. The molecule has 0 saturated heterocycles. The Hall–Kier alpha value is -3.81. The summed E-state index contributed by atoms with van der Waals surface area (Å²) in [6.45, 7) is 0.0809. The molecular formula is C26H21Cl2N3O4. The van der Waals surface area contributed by atoms with E-state index in [1.54, 1.807) is 36.5 Å². The minimum absolute atomic E-state index is 0.214. The molecule has 178 valence electrons. The van der Waals surface area contributed by atoms with Crippen molar-refractivity contribution in [3.63, 3.8) is 0 Å². The maximum absolute atomic E-state index is 12.2. The minimum Gasteiger partial charge on any atom is -0.493 e. The van der Waals surface area contributed by atoms with E-state index in [9.17, 15) is 4.79 Å². The molecular weight excluding hydrogens is 489 g/mol. The van der Waals surface area contributed by atoms with Gasteiger partial charge in [-0.2, -0.15) is 5.10 Å². The molecule has 0 fully saturated rings. The van der Waals surface area contributed by atoms with Crippen molar-refractivity contribution in [1.82, 2.24) is 10.4 Å². The predicted molar refractivity (Wildman–Crippen MR) is 137 cm³/mol. The second-order valence-electron chi connectivity index (χ2n) is 7.36. The molecule has 0 saturated carbocycles. The van der Waals surface area contributed by atoms with Gasteiger partial charge in [0.05, 0.1) is 18.3 Å². The highest BCUT2D eigenvalue weighted by Crippen LogP contribution is 2.36. The van der Waals surface area contributed by atoms with Gasteiger partial charge >= 0.3 is 0 Å². The van der Waals surface area contributed by atoms with Gasteiger partial charge in [-0.3, -0.25) is 9.78 Å². The summed E-state index contributed by atoms with van der Waals surface area (Å²) < 4.78 is 16.9. The molecule has 4 aromatic rings. The van der Waals surface area contributed by atoms with Gasteiger partial charge in [0.1, 0.15) is 17.9 Å². The molecule has 1 aromatic heterocycles. The summed E-state index contributed by atoms with van der Waals surface area (Å²) >= 11 is 12.3. The number of methoxy groups -OCH3 is 1. The number of rotatable bonds is 9. The van der Waals surface area contributed by atoms with E-state index in [1.807, 2.05) is 36.4 Å². The number of para-hydroxylation sites is 1. The van der Waals surface area contributed by atoms with E-state index in [4.69, 9.17) is 37.4 Å². The van der Waals surface area contributed by atoms with Gasteiger partial charge in [-0.15, -0.1) is 0 Å². The van der Waals surface area contributed by atoms with Gasteiger partial charge in [-0.1, -0.05) is 53.5 Å². The molecule has 1 heterocycles. The Morgan fingerprint density at radius 3 is 2.63 bits per heavy atom. The van der Waals surface area contributed by atoms with Crippen LogP contribution in [0.25, 0.3) is 10.9 Å². The molecule has 3 aromatic carbocycles. The number of fused-ring (bicyclic) bond motifs is 1. The number of carbonyl (C=O) groups excluding carboxylic acids is 1. The lowest BCUT2D eigenvalue weighted by Gasteiger charge is -2.13. The van der Waals surface area contributed by atoms with Gasteiger partial charge in [0, 0.05) is 16.6 Å². The van der Waals surface area contributed by atoms with E-state index in [2.05, 4.69) is 15.5 Å². The first-order chi connectivity index (χ1) is 17.0. The number of ether oxygens (including phenoxy) is 3. The molecule has 4 rings (SSSR count). The number of pyridine rings is 1. The number of carbonyl (C=O) groups is 1. The SMILES string of the molecule is COc1cc(C=NNC(=O)COc2cccc3cccnc23)cc(Cl)c1OCc1ccc(Cl)cc1. The lowest BCUT2D eigenvalue weighted by atomic mass is 10.2. The summed E-state index contributed by atoms with van der Waals surface area (Å²) in [4.78, 5) is 16.5. The van der Waals surface area contributed by atoms with Crippen molar-refractivity contribution in [2.75, 3.05) is 13.7 Å². The zero-order valence-corrected chi connectivity index (χ0v) is 20.2. The van der Waals surface area contributed by atoms with Gasteiger partial charge in [0.15, 0.2) is 18.1 Å². The predicted octanol–water partition coefficient (Wildman–Crippen LogP) is 5.66. The number of aromatic nitrogens is 1. The zero-order valence-electron chi connectivity index (χ0n) is 18.7. The number of nitrogens with one attached hydrogen (secondary N) is 1. The maximum atomic E-state index is 12.2. The molecule has 0 radical (unpaired) electrons.